The van der Waals surface area contributed by atoms with Gasteiger partial charge in [-0.25, -0.2) is 8.78 Å². The molecule has 0 saturated heterocycles. The number of aryl methyl sites for hydroxylation is 2. The molecular formula is C17H19F2N. The summed E-state index contributed by atoms with van der Waals surface area (Å²) in [5.41, 5.74) is 3.54. The molecule has 0 aliphatic carbocycles. The summed E-state index contributed by atoms with van der Waals surface area (Å²) in [5.74, 6) is -0.814. The van der Waals surface area contributed by atoms with Gasteiger partial charge in [0.2, 0.25) is 0 Å². The van der Waals surface area contributed by atoms with E-state index in [1.165, 1.54) is 12.1 Å². The van der Waals surface area contributed by atoms with Gasteiger partial charge < -0.3 is 5.32 Å². The van der Waals surface area contributed by atoms with Crippen LogP contribution in [-0.2, 0) is 0 Å². The average Bonchev–Trinajstić information content (AvgIpc) is 2.40. The molecule has 106 valence electrons. The van der Waals surface area contributed by atoms with Gasteiger partial charge in [-0.15, -0.1) is 0 Å². The minimum Gasteiger partial charge on any atom is -0.306 e. The molecule has 20 heavy (non-hydrogen) atoms. The van der Waals surface area contributed by atoms with E-state index in [0.717, 1.165) is 22.8 Å². The van der Waals surface area contributed by atoms with Crippen LogP contribution < -0.4 is 5.32 Å². The van der Waals surface area contributed by atoms with Crippen molar-refractivity contribution < 1.29 is 8.78 Å². The average molecular weight is 275 g/mol. The van der Waals surface area contributed by atoms with Crippen LogP contribution in [0.25, 0.3) is 0 Å². The molecule has 0 aliphatic heterocycles. The minimum atomic E-state index is -0.422. The van der Waals surface area contributed by atoms with Crippen molar-refractivity contribution in [2.45, 2.75) is 26.8 Å². The van der Waals surface area contributed by atoms with Gasteiger partial charge in [-0.1, -0.05) is 30.7 Å². The minimum absolute atomic E-state index is 0.337. The molecule has 0 heterocycles. The molecule has 1 N–H and O–H groups in total. The highest BCUT2D eigenvalue weighted by Gasteiger charge is 2.19. The van der Waals surface area contributed by atoms with Crippen molar-refractivity contribution in [1.82, 2.24) is 5.32 Å². The summed E-state index contributed by atoms with van der Waals surface area (Å²) in [4.78, 5) is 0. The van der Waals surface area contributed by atoms with Gasteiger partial charge in [-0.05, 0) is 49.7 Å². The second-order valence-electron chi connectivity index (χ2n) is 5.02. The molecule has 0 radical (unpaired) electrons. The lowest BCUT2D eigenvalue weighted by Crippen LogP contribution is -2.24. The zero-order valence-electron chi connectivity index (χ0n) is 12.0. The van der Waals surface area contributed by atoms with Crippen LogP contribution in [0.1, 0.15) is 35.2 Å². The zero-order valence-corrected chi connectivity index (χ0v) is 12.0. The van der Waals surface area contributed by atoms with Crippen LogP contribution in [-0.4, -0.2) is 6.54 Å². The van der Waals surface area contributed by atoms with E-state index in [0.29, 0.717) is 12.1 Å². The molecule has 1 unspecified atom stereocenters. The largest absolute Gasteiger partial charge is 0.306 e. The maximum Gasteiger partial charge on any atom is 0.128 e. The Labute approximate surface area is 118 Å². The van der Waals surface area contributed by atoms with E-state index in [1.54, 1.807) is 0 Å². The van der Waals surface area contributed by atoms with Crippen molar-refractivity contribution in [3.05, 3.63) is 70.3 Å². The van der Waals surface area contributed by atoms with Gasteiger partial charge in [0.05, 0.1) is 6.04 Å². The number of halogens is 2. The van der Waals surface area contributed by atoms with Crippen molar-refractivity contribution >= 4 is 0 Å². The molecule has 0 aromatic heterocycles. The highest BCUT2D eigenvalue weighted by Crippen LogP contribution is 2.28. The molecule has 1 atom stereocenters. The Morgan fingerprint density at radius 3 is 2.40 bits per heavy atom. The lowest BCUT2D eigenvalue weighted by atomic mass is 9.93. The van der Waals surface area contributed by atoms with E-state index in [2.05, 4.69) is 11.4 Å². The Balaban J connectivity index is 2.53. The Morgan fingerprint density at radius 2 is 1.75 bits per heavy atom. The van der Waals surface area contributed by atoms with Gasteiger partial charge in [-0.2, -0.15) is 0 Å². The summed E-state index contributed by atoms with van der Waals surface area (Å²) >= 11 is 0. The summed E-state index contributed by atoms with van der Waals surface area (Å²) in [6, 6.07) is 9.27. The first-order chi connectivity index (χ1) is 9.52. The van der Waals surface area contributed by atoms with Crippen molar-refractivity contribution in [3.63, 3.8) is 0 Å². The third-order valence-electron chi connectivity index (χ3n) is 3.41. The van der Waals surface area contributed by atoms with E-state index in [1.807, 2.05) is 32.9 Å². The molecule has 1 nitrogen and oxygen atoms in total. The second-order valence-corrected chi connectivity index (χ2v) is 5.02. The van der Waals surface area contributed by atoms with Crippen LogP contribution in [0.4, 0.5) is 8.78 Å². The van der Waals surface area contributed by atoms with E-state index < -0.39 is 11.6 Å². The fourth-order valence-corrected chi connectivity index (χ4v) is 2.48. The SMILES string of the molecule is CCNC(c1ccc(C)cc1C)c1cc(F)ccc1F. The fourth-order valence-electron chi connectivity index (χ4n) is 2.48. The lowest BCUT2D eigenvalue weighted by molar-refractivity contribution is 0.544. The predicted octanol–water partition coefficient (Wildman–Crippen LogP) is 4.28. The van der Waals surface area contributed by atoms with E-state index >= 15 is 0 Å². The number of hydrogen-bond donors (Lipinski definition) is 1. The number of nitrogens with one attached hydrogen (secondary N) is 1. The van der Waals surface area contributed by atoms with Gasteiger partial charge in [0.1, 0.15) is 11.6 Å². The number of rotatable bonds is 4. The quantitative estimate of drug-likeness (QED) is 0.878. The van der Waals surface area contributed by atoms with Crippen molar-refractivity contribution in [2.75, 3.05) is 6.54 Å². The van der Waals surface area contributed by atoms with Crippen molar-refractivity contribution in [2.24, 2.45) is 0 Å². The van der Waals surface area contributed by atoms with Gasteiger partial charge in [0.15, 0.2) is 0 Å². The third-order valence-corrected chi connectivity index (χ3v) is 3.41. The summed E-state index contributed by atoms with van der Waals surface area (Å²) in [7, 11) is 0. The number of benzene rings is 2. The molecule has 0 spiro atoms. The summed E-state index contributed by atoms with van der Waals surface area (Å²) in [5, 5.41) is 3.24. The van der Waals surface area contributed by atoms with Crippen LogP contribution in [0.15, 0.2) is 36.4 Å². The normalized spacial score (nSPS) is 12.4. The molecule has 2 aromatic carbocycles. The summed E-state index contributed by atoms with van der Waals surface area (Å²) in [6.45, 7) is 6.63. The van der Waals surface area contributed by atoms with Gasteiger partial charge in [0, 0.05) is 5.56 Å². The first-order valence-corrected chi connectivity index (χ1v) is 6.78. The zero-order chi connectivity index (χ0) is 14.7. The number of hydrogen-bond acceptors (Lipinski definition) is 1. The topological polar surface area (TPSA) is 12.0 Å². The molecule has 0 amide bonds. The molecule has 0 fully saturated rings. The maximum absolute atomic E-state index is 14.0. The molecular weight excluding hydrogens is 256 g/mol. The van der Waals surface area contributed by atoms with Crippen LogP contribution in [0.3, 0.4) is 0 Å². The van der Waals surface area contributed by atoms with E-state index in [-0.39, 0.29) is 6.04 Å². The van der Waals surface area contributed by atoms with E-state index in [9.17, 15) is 8.78 Å². The monoisotopic (exact) mass is 275 g/mol. The van der Waals surface area contributed by atoms with Crippen LogP contribution in [0.5, 0.6) is 0 Å². The van der Waals surface area contributed by atoms with Gasteiger partial charge >= 0.3 is 0 Å². The standard InChI is InChI=1S/C17H19F2N/c1-4-20-17(14-7-5-11(2)9-12(14)3)15-10-13(18)6-8-16(15)19/h5-10,17,20H,4H2,1-3H3. The van der Waals surface area contributed by atoms with Crippen molar-refractivity contribution in [1.29, 1.82) is 0 Å². The summed E-state index contributed by atoms with van der Waals surface area (Å²) < 4.78 is 27.5. The fraction of sp³-hybridized carbons (Fsp3) is 0.294. The van der Waals surface area contributed by atoms with Crippen LogP contribution in [0.2, 0.25) is 0 Å². The maximum atomic E-state index is 14.0. The van der Waals surface area contributed by atoms with Gasteiger partial charge in [-0.3, -0.25) is 0 Å². The lowest BCUT2D eigenvalue weighted by Gasteiger charge is -2.22. The first kappa shape index (κ1) is 14.7. The van der Waals surface area contributed by atoms with Gasteiger partial charge in [0.25, 0.3) is 0 Å². The highest BCUT2D eigenvalue weighted by molar-refractivity contribution is 5.39. The Morgan fingerprint density at radius 1 is 1.00 bits per heavy atom. The molecule has 2 rings (SSSR count). The third kappa shape index (κ3) is 3.05. The van der Waals surface area contributed by atoms with Crippen molar-refractivity contribution in [3.8, 4) is 0 Å². The highest BCUT2D eigenvalue weighted by atomic mass is 19.1. The van der Waals surface area contributed by atoms with Crippen LogP contribution in [0, 0.1) is 25.5 Å². The molecule has 0 saturated carbocycles. The van der Waals surface area contributed by atoms with E-state index in [4.69, 9.17) is 0 Å². The predicted molar refractivity (Wildman–Crippen MR) is 77.8 cm³/mol. The second kappa shape index (κ2) is 6.14. The molecule has 2 aromatic rings. The molecule has 3 heteroatoms. The molecule has 0 bridgehead atoms. The molecule has 0 aliphatic rings. The first-order valence-electron chi connectivity index (χ1n) is 6.78. The Bertz CT molecular complexity index is 608. The summed E-state index contributed by atoms with van der Waals surface area (Å²) in [6.07, 6.45) is 0. The van der Waals surface area contributed by atoms with Crippen LogP contribution >= 0.6 is 0 Å². The Hall–Kier alpha value is -1.74. The Kier molecular flexibility index (Phi) is 4.50. The smallest absolute Gasteiger partial charge is 0.128 e.